The summed E-state index contributed by atoms with van der Waals surface area (Å²) in [5.74, 6) is -2.37. The quantitative estimate of drug-likeness (QED) is 0.887. The highest BCUT2D eigenvalue weighted by molar-refractivity contribution is 5.83. The minimum atomic E-state index is -4.84. The Labute approximate surface area is 119 Å². The summed E-state index contributed by atoms with van der Waals surface area (Å²) in [5, 5.41) is 2.73. The maximum absolute atomic E-state index is 12.3. The molecule has 0 atom stereocenters. The van der Waals surface area contributed by atoms with Crippen molar-refractivity contribution in [1.29, 1.82) is 0 Å². The van der Waals surface area contributed by atoms with Gasteiger partial charge in [-0.1, -0.05) is 0 Å². The van der Waals surface area contributed by atoms with Gasteiger partial charge in [-0.2, -0.15) is 13.2 Å². The van der Waals surface area contributed by atoms with Crippen LogP contribution in [0.15, 0.2) is 18.3 Å². The van der Waals surface area contributed by atoms with E-state index in [-0.39, 0.29) is 37.8 Å². The number of carbonyl (C=O) groups excluding carboxylic acids is 2. The molecule has 1 aromatic rings. The van der Waals surface area contributed by atoms with Gasteiger partial charge in [0.25, 0.3) is 0 Å². The van der Waals surface area contributed by atoms with Gasteiger partial charge in [0.2, 0.25) is 5.91 Å². The summed E-state index contributed by atoms with van der Waals surface area (Å²) in [7, 11) is 0. The monoisotopic (exact) mass is 303 g/mol. The average molecular weight is 303 g/mol. The zero-order valence-electron chi connectivity index (χ0n) is 11.2. The summed E-state index contributed by atoms with van der Waals surface area (Å²) in [6.07, 6.45) is -2.61. The number of rotatable bonds is 3. The van der Waals surface area contributed by atoms with E-state index in [0.717, 1.165) is 10.6 Å². The molecule has 1 fully saturated rings. The van der Waals surface area contributed by atoms with E-state index in [0.29, 0.717) is 6.54 Å². The zero-order chi connectivity index (χ0) is 15.5. The van der Waals surface area contributed by atoms with Crippen LogP contribution in [0.4, 0.5) is 13.2 Å². The first-order valence-corrected chi connectivity index (χ1v) is 6.64. The van der Waals surface area contributed by atoms with E-state index < -0.39 is 12.1 Å². The van der Waals surface area contributed by atoms with Crippen molar-refractivity contribution in [3.8, 4) is 0 Å². The Hall–Kier alpha value is -1.99. The van der Waals surface area contributed by atoms with E-state index in [4.69, 9.17) is 0 Å². The van der Waals surface area contributed by atoms with Crippen molar-refractivity contribution in [2.24, 2.45) is 5.92 Å². The summed E-state index contributed by atoms with van der Waals surface area (Å²) in [5.41, 5.74) is 0.855. The van der Waals surface area contributed by atoms with Crippen molar-refractivity contribution >= 4 is 11.8 Å². The van der Waals surface area contributed by atoms with Crippen molar-refractivity contribution in [3.63, 3.8) is 0 Å². The number of hydrogen-bond donors (Lipinski definition) is 2. The number of hydrogen-bond acceptors (Lipinski definition) is 2. The van der Waals surface area contributed by atoms with E-state index in [9.17, 15) is 22.8 Å². The number of piperidine rings is 1. The number of nitrogens with one attached hydrogen (secondary N) is 2. The highest BCUT2D eigenvalue weighted by atomic mass is 19.4. The second-order valence-electron chi connectivity index (χ2n) is 4.98. The van der Waals surface area contributed by atoms with Gasteiger partial charge < -0.3 is 15.2 Å². The van der Waals surface area contributed by atoms with E-state index in [2.05, 4.69) is 10.3 Å². The molecule has 5 nitrogen and oxygen atoms in total. The lowest BCUT2D eigenvalue weighted by Crippen LogP contribution is -2.47. The number of alkyl halides is 3. The summed E-state index contributed by atoms with van der Waals surface area (Å²) in [6.45, 7) is 0.269. The maximum Gasteiger partial charge on any atom is 0.471 e. The first-order chi connectivity index (χ1) is 9.88. The molecule has 1 saturated heterocycles. The molecule has 2 N–H and O–H groups in total. The largest absolute Gasteiger partial charge is 0.471 e. The lowest BCUT2D eigenvalue weighted by atomic mass is 9.96. The molecular formula is C13H16F3N3O2. The summed E-state index contributed by atoms with van der Waals surface area (Å²) in [6, 6.07) is 3.63. The van der Waals surface area contributed by atoms with Crippen LogP contribution in [-0.2, 0) is 16.1 Å². The fourth-order valence-electron chi connectivity index (χ4n) is 2.33. The van der Waals surface area contributed by atoms with Crippen LogP contribution >= 0.6 is 0 Å². The molecule has 0 saturated carbocycles. The van der Waals surface area contributed by atoms with Crippen LogP contribution in [0.1, 0.15) is 18.5 Å². The fraction of sp³-hybridized carbons (Fsp3) is 0.538. The lowest BCUT2D eigenvalue weighted by Gasteiger charge is -2.31. The van der Waals surface area contributed by atoms with E-state index in [1.807, 2.05) is 12.1 Å². The maximum atomic E-state index is 12.3. The summed E-state index contributed by atoms with van der Waals surface area (Å²) < 4.78 is 36.9. The third-order valence-electron chi connectivity index (χ3n) is 3.51. The smallest absolute Gasteiger partial charge is 0.364 e. The van der Waals surface area contributed by atoms with E-state index in [1.165, 1.54) is 0 Å². The Morgan fingerprint density at radius 2 is 2.00 bits per heavy atom. The first-order valence-electron chi connectivity index (χ1n) is 6.64. The number of carbonyl (C=O) groups is 2. The second kappa shape index (κ2) is 6.19. The molecule has 2 amide bonds. The molecule has 21 heavy (non-hydrogen) atoms. The summed E-state index contributed by atoms with van der Waals surface area (Å²) in [4.78, 5) is 26.7. The van der Waals surface area contributed by atoms with Crippen LogP contribution < -0.4 is 5.32 Å². The summed E-state index contributed by atoms with van der Waals surface area (Å²) >= 11 is 0. The Bertz CT molecular complexity index is 491. The highest BCUT2D eigenvalue weighted by Crippen LogP contribution is 2.23. The van der Waals surface area contributed by atoms with Gasteiger partial charge in [0, 0.05) is 30.9 Å². The molecule has 8 heteroatoms. The Kier molecular flexibility index (Phi) is 4.54. The fourth-order valence-corrected chi connectivity index (χ4v) is 2.33. The number of amides is 2. The zero-order valence-corrected chi connectivity index (χ0v) is 11.2. The van der Waals surface area contributed by atoms with Gasteiger partial charge in [0.15, 0.2) is 0 Å². The van der Waals surface area contributed by atoms with Crippen LogP contribution in [0.25, 0.3) is 0 Å². The Morgan fingerprint density at radius 3 is 2.52 bits per heavy atom. The van der Waals surface area contributed by atoms with Gasteiger partial charge in [-0.25, -0.2) is 0 Å². The number of likely N-dealkylation sites (tertiary alicyclic amines) is 1. The minimum absolute atomic E-state index is 0.0427. The van der Waals surface area contributed by atoms with Gasteiger partial charge >= 0.3 is 12.1 Å². The van der Waals surface area contributed by atoms with Gasteiger partial charge in [-0.05, 0) is 25.0 Å². The van der Waals surface area contributed by atoms with E-state index in [1.54, 1.807) is 6.20 Å². The van der Waals surface area contributed by atoms with Crippen molar-refractivity contribution in [1.82, 2.24) is 15.2 Å². The third-order valence-corrected chi connectivity index (χ3v) is 3.51. The van der Waals surface area contributed by atoms with Crippen molar-refractivity contribution in [2.45, 2.75) is 25.6 Å². The molecule has 116 valence electrons. The third kappa shape index (κ3) is 3.99. The van der Waals surface area contributed by atoms with Crippen LogP contribution in [0.2, 0.25) is 0 Å². The van der Waals surface area contributed by atoms with Crippen LogP contribution in [-0.4, -0.2) is 41.0 Å². The van der Waals surface area contributed by atoms with Crippen LogP contribution in [0.3, 0.4) is 0 Å². The van der Waals surface area contributed by atoms with Gasteiger partial charge in [0.1, 0.15) is 0 Å². The minimum Gasteiger partial charge on any atom is -0.364 e. The molecule has 2 heterocycles. The molecule has 0 spiro atoms. The average Bonchev–Trinajstić information content (AvgIpc) is 2.96. The number of H-pyrrole nitrogens is 1. The standard InChI is InChI=1S/C13H16F3N3O2/c14-13(15,16)12(21)19-6-3-9(4-7-19)11(20)18-8-10-2-1-5-17-10/h1-2,5,9,17H,3-4,6-8H2,(H,18,20). The Balaban J connectivity index is 1.78. The molecule has 1 aliphatic rings. The normalized spacial score (nSPS) is 16.8. The number of aromatic amines is 1. The molecule has 0 radical (unpaired) electrons. The first kappa shape index (κ1) is 15.4. The number of nitrogens with zero attached hydrogens (tertiary/aromatic N) is 1. The molecule has 0 bridgehead atoms. The Morgan fingerprint density at radius 1 is 1.33 bits per heavy atom. The molecule has 0 aliphatic carbocycles. The molecular weight excluding hydrogens is 287 g/mol. The molecule has 0 aromatic carbocycles. The van der Waals surface area contributed by atoms with Gasteiger partial charge in [-0.15, -0.1) is 0 Å². The van der Waals surface area contributed by atoms with Crippen LogP contribution in [0, 0.1) is 5.92 Å². The predicted molar refractivity (Wildman–Crippen MR) is 68.0 cm³/mol. The SMILES string of the molecule is O=C(NCc1ccc[nH]1)C1CCN(C(=O)C(F)(F)F)CC1. The molecule has 1 aliphatic heterocycles. The van der Waals surface area contributed by atoms with Crippen LogP contribution in [0.5, 0.6) is 0 Å². The predicted octanol–water partition coefficient (Wildman–Crippen LogP) is 1.43. The second-order valence-corrected chi connectivity index (χ2v) is 4.98. The number of aromatic nitrogens is 1. The van der Waals surface area contributed by atoms with Crippen molar-refractivity contribution < 1.29 is 22.8 Å². The van der Waals surface area contributed by atoms with Gasteiger partial charge in [-0.3, -0.25) is 9.59 Å². The lowest BCUT2D eigenvalue weighted by molar-refractivity contribution is -0.186. The molecule has 0 unspecified atom stereocenters. The number of halogens is 3. The van der Waals surface area contributed by atoms with Gasteiger partial charge in [0.05, 0.1) is 6.54 Å². The topological polar surface area (TPSA) is 65.2 Å². The molecule has 1 aromatic heterocycles. The molecule has 2 rings (SSSR count). The van der Waals surface area contributed by atoms with Crippen molar-refractivity contribution in [2.75, 3.05) is 13.1 Å². The highest BCUT2D eigenvalue weighted by Gasteiger charge is 2.43. The van der Waals surface area contributed by atoms with Crippen molar-refractivity contribution in [3.05, 3.63) is 24.0 Å². The van der Waals surface area contributed by atoms with E-state index >= 15 is 0 Å².